The Labute approximate surface area is 71.6 Å². The fourth-order valence-corrected chi connectivity index (χ4v) is 0.990. The van der Waals surface area contributed by atoms with Gasteiger partial charge < -0.3 is 5.32 Å². The normalized spacial score (nSPS) is 9.42. The van der Waals surface area contributed by atoms with Gasteiger partial charge in [0.05, 0.1) is 5.56 Å². The predicted octanol–water partition coefficient (Wildman–Crippen LogP) is 1.53. The molecule has 1 aromatic rings. The van der Waals surface area contributed by atoms with Crippen molar-refractivity contribution in [3.05, 3.63) is 35.1 Å². The Bertz CT molecular complexity index is 312. The van der Waals surface area contributed by atoms with Crippen LogP contribution in [0.5, 0.6) is 0 Å². The van der Waals surface area contributed by atoms with Gasteiger partial charge in [-0.3, -0.25) is 0 Å². The van der Waals surface area contributed by atoms with Gasteiger partial charge in [0.1, 0.15) is 5.82 Å². The number of terminal acetylenes is 1. The van der Waals surface area contributed by atoms with Crippen LogP contribution in [-0.2, 0) is 6.54 Å². The molecular formula is C10H10FN. The Morgan fingerprint density at radius 1 is 1.58 bits per heavy atom. The Morgan fingerprint density at radius 3 is 2.83 bits per heavy atom. The van der Waals surface area contributed by atoms with Crippen LogP contribution >= 0.6 is 0 Å². The van der Waals surface area contributed by atoms with Crippen LogP contribution in [0.3, 0.4) is 0 Å². The van der Waals surface area contributed by atoms with Gasteiger partial charge in [0.15, 0.2) is 0 Å². The molecule has 0 unspecified atom stereocenters. The number of hydrogen-bond acceptors (Lipinski definition) is 1. The Kier molecular flexibility index (Phi) is 2.84. The number of benzene rings is 1. The first-order valence-electron chi connectivity index (χ1n) is 3.67. The lowest BCUT2D eigenvalue weighted by molar-refractivity contribution is 0.620. The minimum atomic E-state index is -0.328. The lowest BCUT2D eigenvalue weighted by Crippen LogP contribution is -2.05. The van der Waals surface area contributed by atoms with Gasteiger partial charge >= 0.3 is 0 Å². The van der Waals surface area contributed by atoms with Gasteiger partial charge in [-0.25, -0.2) is 4.39 Å². The molecule has 0 amide bonds. The van der Waals surface area contributed by atoms with E-state index in [9.17, 15) is 4.39 Å². The lowest BCUT2D eigenvalue weighted by atomic mass is 10.1. The van der Waals surface area contributed by atoms with E-state index in [2.05, 4.69) is 11.2 Å². The van der Waals surface area contributed by atoms with Crippen molar-refractivity contribution >= 4 is 0 Å². The Morgan fingerprint density at radius 2 is 2.33 bits per heavy atom. The van der Waals surface area contributed by atoms with Crippen LogP contribution in [0.4, 0.5) is 4.39 Å². The summed E-state index contributed by atoms with van der Waals surface area (Å²) >= 11 is 0. The van der Waals surface area contributed by atoms with Crippen LogP contribution in [0.1, 0.15) is 11.1 Å². The average Bonchev–Trinajstić information content (AvgIpc) is 2.05. The van der Waals surface area contributed by atoms with Crippen molar-refractivity contribution in [1.82, 2.24) is 5.32 Å². The summed E-state index contributed by atoms with van der Waals surface area (Å²) in [5, 5.41) is 2.93. The summed E-state index contributed by atoms with van der Waals surface area (Å²) in [6.07, 6.45) is 5.07. The van der Waals surface area contributed by atoms with Crippen molar-refractivity contribution in [2.24, 2.45) is 0 Å². The molecule has 1 aromatic carbocycles. The summed E-state index contributed by atoms with van der Waals surface area (Å²) in [4.78, 5) is 0. The molecule has 12 heavy (non-hydrogen) atoms. The number of rotatable bonds is 2. The molecule has 0 heterocycles. The molecule has 0 aromatic heterocycles. The van der Waals surface area contributed by atoms with Crippen LogP contribution in [0.15, 0.2) is 18.2 Å². The monoisotopic (exact) mass is 163 g/mol. The van der Waals surface area contributed by atoms with Gasteiger partial charge in [0, 0.05) is 6.54 Å². The molecule has 0 aliphatic carbocycles. The maximum atomic E-state index is 13.0. The highest BCUT2D eigenvalue weighted by atomic mass is 19.1. The van der Waals surface area contributed by atoms with Crippen LogP contribution < -0.4 is 5.32 Å². The first-order chi connectivity index (χ1) is 5.77. The molecule has 0 fully saturated rings. The van der Waals surface area contributed by atoms with Gasteiger partial charge in [-0.05, 0) is 24.7 Å². The maximum Gasteiger partial charge on any atom is 0.139 e. The molecule has 1 rings (SSSR count). The summed E-state index contributed by atoms with van der Waals surface area (Å²) in [7, 11) is 1.81. The molecular weight excluding hydrogens is 153 g/mol. The third kappa shape index (κ3) is 1.84. The first kappa shape index (κ1) is 8.76. The van der Waals surface area contributed by atoms with E-state index in [-0.39, 0.29) is 5.82 Å². The molecule has 0 bridgehead atoms. The lowest BCUT2D eigenvalue weighted by Gasteiger charge is -2.00. The quantitative estimate of drug-likeness (QED) is 0.652. The minimum absolute atomic E-state index is 0.315. The second kappa shape index (κ2) is 3.89. The Balaban J connectivity index is 2.96. The smallest absolute Gasteiger partial charge is 0.139 e. The summed E-state index contributed by atoms with van der Waals surface area (Å²) in [5.74, 6) is 1.94. The molecule has 62 valence electrons. The van der Waals surface area contributed by atoms with Gasteiger partial charge in [-0.1, -0.05) is 12.0 Å². The van der Waals surface area contributed by atoms with Crippen molar-refractivity contribution in [2.75, 3.05) is 7.05 Å². The Hall–Kier alpha value is -1.33. The fraction of sp³-hybridized carbons (Fsp3) is 0.200. The molecule has 1 N–H and O–H groups in total. The summed E-state index contributed by atoms with van der Waals surface area (Å²) < 4.78 is 13.0. The molecule has 2 heteroatoms. The number of hydrogen-bond donors (Lipinski definition) is 1. The zero-order valence-electron chi connectivity index (χ0n) is 6.89. The van der Waals surface area contributed by atoms with E-state index >= 15 is 0 Å². The second-order valence-corrected chi connectivity index (χ2v) is 2.49. The van der Waals surface area contributed by atoms with Crippen molar-refractivity contribution in [3.8, 4) is 12.3 Å². The molecule has 0 radical (unpaired) electrons. The van der Waals surface area contributed by atoms with Gasteiger partial charge in [-0.15, -0.1) is 6.42 Å². The third-order valence-electron chi connectivity index (χ3n) is 1.57. The van der Waals surface area contributed by atoms with Gasteiger partial charge in [0.25, 0.3) is 0 Å². The maximum absolute atomic E-state index is 13.0. The van der Waals surface area contributed by atoms with Gasteiger partial charge in [0.2, 0.25) is 0 Å². The van der Waals surface area contributed by atoms with Gasteiger partial charge in [-0.2, -0.15) is 0 Å². The minimum Gasteiger partial charge on any atom is -0.316 e. The van der Waals surface area contributed by atoms with E-state index in [4.69, 9.17) is 6.42 Å². The summed E-state index contributed by atoms with van der Waals surface area (Å²) in [6, 6.07) is 4.88. The van der Waals surface area contributed by atoms with E-state index in [0.29, 0.717) is 12.1 Å². The molecule has 0 atom stereocenters. The highest BCUT2D eigenvalue weighted by Crippen LogP contribution is 2.08. The molecule has 1 nitrogen and oxygen atoms in total. The molecule has 0 saturated heterocycles. The highest BCUT2D eigenvalue weighted by Gasteiger charge is 1.99. The largest absolute Gasteiger partial charge is 0.316 e. The van der Waals surface area contributed by atoms with E-state index in [0.717, 1.165) is 5.56 Å². The van der Waals surface area contributed by atoms with E-state index in [1.54, 1.807) is 6.07 Å². The number of halogens is 1. The SMILES string of the molecule is C#Cc1ccc(CNC)cc1F. The van der Waals surface area contributed by atoms with Crippen molar-refractivity contribution in [2.45, 2.75) is 6.54 Å². The average molecular weight is 163 g/mol. The second-order valence-electron chi connectivity index (χ2n) is 2.49. The van der Waals surface area contributed by atoms with E-state index < -0.39 is 0 Å². The standard InChI is InChI=1S/C10H10FN/c1-3-9-5-4-8(7-12-2)6-10(9)11/h1,4-6,12H,7H2,2H3. The molecule has 0 aliphatic heterocycles. The van der Waals surface area contributed by atoms with E-state index in [1.165, 1.54) is 6.07 Å². The zero-order chi connectivity index (χ0) is 8.97. The zero-order valence-corrected chi connectivity index (χ0v) is 6.89. The fourth-order valence-electron chi connectivity index (χ4n) is 0.990. The van der Waals surface area contributed by atoms with Crippen molar-refractivity contribution < 1.29 is 4.39 Å². The molecule has 0 spiro atoms. The van der Waals surface area contributed by atoms with Crippen LogP contribution in [0, 0.1) is 18.2 Å². The first-order valence-corrected chi connectivity index (χ1v) is 3.67. The van der Waals surface area contributed by atoms with Crippen molar-refractivity contribution in [3.63, 3.8) is 0 Å². The third-order valence-corrected chi connectivity index (χ3v) is 1.57. The predicted molar refractivity (Wildman–Crippen MR) is 47.1 cm³/mol. The number of nitrogens with one attached hydrogen (secondary N) is 1. The van der Waals surface area contributed by atoms with Crippen LogP contribution in [0.2, 0.25) is 0 Å². The summed E-state index contributed by atoms with van der Waals surface area (Å²) in [5.41, 5.74) is 1.21. The molecule has 0 saturated carbocycles. The van der Waals surface area contributed by atoms with E-state index in [1.807, 2.05) is 13.1 Å². The van der Waals surface area contributed by atoms with Crippen LogP contribution in [-0.4, -0.2) is 7.05 Å². The highest BCUT2D eigenvalue weighted by molar-refractivity contribution is 5.35. The topological polar surface area (TPSA) is 12.0 Å². The van der Waals surface area contributed by atoms with Crippen LogP contribution in [0.25, 0.3) is 0 Å². The summed E-state index contributed by atoms with van der Waals surface area (Å²) in [6.45, 7) is 0.655. The molecule has 0 aliphatic rings. The van der Waals surface area contributed by atoms with Crippen molar-refractivity contribution in [1.29, 1.82) is 0 Å².